The average Bonchev–Trinajstić information content (AvgIpc) is 2.99. The van der Waals surface area contributed by atoms with Gasteiger partial charge in [0.1, 0.15) is 0 Å². The van der Waals surface area contributed by atoms with E-state index in [1.54, 1.807) is 0 Å². The second-order valence-electron chi connectivity index (χ2n) is 5.53. The third-order valence-electron chi connectivity index (χ3n) is 4.25. The van der Waals surface area contributed by atoms with Crippen molar-refractivity contribution in [2.45, 2.75) is 32.1 Å². The van der Waals surface area contributed by atoms with Gasteiger partial charge in [0.15, 0.2) is 0 Å². The van der Waals surface area contributed by atoms with E-state index in [1.165, 1.54) is 11.3 Å². The van der Waals surface area contributed by atoms with Crippen molar-refractivity contribution in [3.8, 4) is 0 Å². The highest BCUT2D eigenvalue weighted by atomic mass is 32.1. The number of fused-ring (bicyclic) bond motifs is 1. The molecule has 0 aromatic carbocycles. The van der Waals surface area contributed by atoms with Gasteiger partial charge in [-0.05, 0) is 37.1 Å². The van der Waals surface area contributed by atoms with Crippen LogP contribution in [-0.4, -0.2) is 18.4 Å². The van der Waals surface area contributed by atoms with Gasteiger partial charge in [-0.25, -0.2) is 0 Å². The maximum Gasteiger partial charge on any atom is 0.252 e. The Morgan fingerprint density at radius 2 is 2.35 bits per heavy atom. The van der Waals surface area contributed by atoms with Gasteiger partial charge in [-0.2, -0.15) is 11.3 Å². The molecule has 3 rings (SSSR count). The number of rotatable bonds is 3. The quantitative estimate of drug-likeness (QED) is 0.898. The summed E-state index contributed by atoms with van der Waals surface area (Å²) in [4.78, 5) is 23.6. The number of nitrogens with one attached hydrogen (secondary N) is 2. The fourth-order valence-corrected chi connectivity index (χ4v) is 3.70. The molecular weight excluding hydrogens is 272 g/mol. The van der Waals surface area contributed by atoms with Gasteiger partial charge < -0.3 is 10.6 Å². The fourth-order valence-electron chi connectivity index (χ4n) is 3.06. The van der Waals surface area contributed by atoms with Crippen LogP contribution in [0.2, 0.25) is 0 Å². The van der Waals surface area contributed by atoms with Crippen molar-refractivity contribution in [1.82, 2.24) is 10.6 Å². The van der Waals surface area contributed by atoms with Gasteiger partial charge in [0.25, 0.3) is 5.91 Å². The Labute approximate surface area is 122 Å². The molecule has 5 heteroatoms. The third kappa shape index (κ3) is 2.50. The van der Waals surface area contributed by atoms with Crippen LogP contribution >= 0.6 is 11.3 Å². The average molecular weight is 290 g/mol. The number of amides is 2. The zero-order valence-corrected chi connectivity index (χ0v) is 12.1. The second-order valence-corrected chi connectivity index (χ2v) is 6.31. The first-order valence-corrected chi connectivity index (χ1v) is 7.95. The molecule has 2 aliphatic rings. The normalized spacial score (nSPS) is 25.4. The number of thiophene rings is 1. The highest BCUT2D eigenvalue weighted by Crippen LogP contribution is 2.42. The summed E-state index contributed by atoms with van der Waals surface area (Å²) in [6, 6.07) is 1.83. The molecule has 0 spiro atoms. The summed E-state index contributed by atoms with van der Waals surface area (Å²) in [5.74, 6) is 0.0698. The van der Waals surface area contributed by atoms with Crippen LogP contribution in [0, 0.1) is 5.41 Å². The molecule has 2 N–H and O–H groups in total. The number of hydrogen-bond donors (Lipinski definition) is 2. The number of allylic oxidation sites excluding steroid dienone is 1. The molecule has 0 saturated carbocycles. The summed E-state index contributed by atoms with van der Waals surface area (Å²) in [6.45, 7) is 0.605. The molecule has 20 heavy (non-hydrogen) atoms. The van der Waals surface area contributed by atoms with Crippen molar-refractivity contribution < 1.29 is 9.59 Å². The van der Waals surface area contributed by atoms with E-state index in [0.717, 1.165) is 31.4 Å². The van der Waals surface area contributed by atoms with Crippen LogP contribution in [0.4, 0.5) is 0 Å². The Bertz CT molecular complexity index is 550. The zero-order valence-electron chi connectivity index (χ0n) is 11.3. The van der Waals surface area contributed by atoms with Gasteiger partial charge in [0.05, 0.1) is 0 Å². The van der Waals surface area contributed by atoms with Gasteiger partial charge in [0, 0.05) is 35.0 Å². The number of carbonyl (C=O) groups is 2. The van der Waals surface area contributed by atoms with Gasteiger partial charge in [-0.1, -0.05) is 6.08 Å². The van der Waals surface area contributed by atoms with Crippen molar-refractivity contribution in [2.75, 3.05) is 6.54 Å². The van der Waals surface area contributed by atoms with E-state index in [0.29, 0.717) is 18.5 Å². The summed E-state index contributed by atoms with van der Waals surface area (Å²) < 4.78 is 0. The second kappa shape index (κ2) is 5.40. The Kier molecular flexibility index (Phi) is 3.61. The lowest BCUT2D eigenvalue weighted by Gasteiger charge is -2.42. The monoisotopic (exact) mass is 290 g/mol. The molecule has 2 amide bonds. The van der Waals surface area contributed by atoms with Crippen LogP contribution in [-0.2, 0) is 4.79 Å². The number of piperidine rings is 1. The van der Waals surface area contributed by atoms with Gasteiger partial charge in [-0.15, -0.1) is 0 Å². The number of hydrogen-bond acceptors (Lipinski definition) is 3. The fraction of sp³-hybridized carbons (Fsp3) is 0.467. The molecule has 4 nitrogen and oxygen atoms in total. The molecule has 1 unspecified atom stereocenters. The Balaban J connectivity index is 1.71. The molecule has 106 valence electrons. The highest BCUT2D eigenvalue weighted by Gasteiger charge is 2.40. The molecule has 1 fully saturated rings. The molecule has 0 radical (unpaired) electrons. The molecule has 1 saturated heterocycles. The van der Waals surface area contributed by atoms with E-state index < -0.39 is 0 Å². The van der Waals surface area contributed by atoms with Crippen molar-refractivity contribution >= 4 is 23.2 Å². The molecule has 1 aliphatic heterocycles. The summed E-state index contributed by atoms with van der Waals surface area (Å²) >= 11 is 1.52. The Morgan fingerprint density at radius 3 is 3.15 bits per heavy atom. The molecule has 1 aromatic rings. The minimum atomic E-state index is -0.0716. The van der Waals surface area contributed by atoms with Crippen LogP contribution in [0.1, 0.15) is 42.5 Å². The van der Waals surface area contributed by atoms with Crippen molar-refractivity contribution in [2.24, 2.45) is 5.41 Å². The van der Waals surface area contributed by atoms with Gasteiger partial charge in [-0.3, -0.25) is 9.59 Å². The maximum atomic E-state index is 12.1. The van der Waals surface area contributed by atoms with Crippen molar-refractivity contribution in [3.05, 3.63) is 34.2 Å². The molecule has 1 aliphatic carbocycles. The lowest BCUT2D eigenvalue weighted by molar-refractivity contribution is -0.122. The van der Waals surface area contributed by atoms with E-state index in [1.807, 2.05) is 16.8 Å². The minimum Gasteiger partial charge on any atom is -0.351 e. The largest absolute Gasteiger partial charge is 0.351 e. The van der Waals surface area contributed by atoms with Crippen LogP contribution in [0.5, 0.6) is 0 Å². The predicted octanol–water partition coefficient (Wildman–Crippen LogP) is 2.44. The Hall–Kier alpha value is -1.62. The van der Waals surface area contributed by atoms with Crippen molar-refractivity contribution in [1.29, 1.82) is 0 Å². The van der Waals surface area contributed by atoms with E-state index in [-0.39, 0.29) is 17.2 Å². The topological polar surface area (TPSA) is 58.2 Å². The minimum absolute atomic E-state index is 0.0255. The highest BCUT2D eigenvalue weighted by molar-refractivity contribution is 7.08. The summed E-state index contributed by atoms with van der Waals surface area (Å²) in [7, 11) is 0. The third-order valence-corrected chi connectivity index (χ3v) is 4.94. The lowest BCUT2D eigenvalue weighted by Crippen LogP contribution is -2.48. The van der Waals surface area contributed by atoms with Crippen LogP contribution in [0.15, 0.2) is 28.6 Å². The van der Waals surface area contributed by atoms with Crippen LogP contribution in [0.25, 0.3) is 0 Å². The molecule has 2 heterocycles. The SMILES string of the molecule is O=C1CCC2(CNC(=O)c3ccsc3)CCCC=C2N1. The number of carbonyl (C=O) groups excluding carboxylic acids is 2. The van der Waals surface area contributed by atoms with E-state index >= 15 is 0 Å². The standard InChI is InChI=1S/C15H18N2O2S/c18-13-4-7-15(6-2-1-3-12(15)17-13)10-16-14(19)11-5-8-20-9-11/h3,5,8-9H,1-2,4,6-7,10H2,(H,16,19)(H,17,18). The summed E-state index contributed by atoms with van der Waals surface area (Å²) in [5, 5.41) is 9.78. The van der Waals surface area contributed by atoms with Crippen molar-refractivity contribution in [3.63, 3.8) is 0 Å². The maximum absolute atomic E-state index is 12.1. The molecule has 1 aromatic heterocycles. The summed E-state index contributed by atoms with van der Waals surface area (Å²) in [6.07, 6.45) is 6.66. The summed E-state index contributed by atoms with van der Waals surface area (Å²) in [5.41, 5.74) is 1.66. The van der Waals surface area contributed by atoms with E-state index in [2.05, 4.69) is 16.7 Å². The first-order chi connectivity index (χ1) is 9.70. The van der Waals surface area contributed by atoms with Crippen LogP contribution in [0.3, 0.4) is 0 Å². The molecule has 0 bridgehead atoms. The first-order valence-electron chi connectivity index (χ1n) is 7.01. The van der Waals surface area contributed by atoms with Gasteiger partial charge in [0.2, 0.25) is 5.91 Å². The zero-order chi connectivity index (χ0) is 14.0. The van der Waals surface area contributed by atoms with Gasteiger partial charge >= 0.3 is 0 Å². The smallest absolute Gasteiger partial charge is 0.252 e. The van der Waals surface area contributed by atoms with Crippen LogP contribution < -0.4 is 10.6 Å². The first kappa shape index (κ1) is 13.4. The predicted molar refractivity (Wildman–Crippen MR) is 78.4 cm³/mol. The Morgan fingerprint density at radius 1 is 1.45 bits per heavy atom. The lowest BCUT2D eigenvalue weighted by atomic mass is 9.70. The molecule has 1 atom stereocenters. The molecular formula is C15H18N2O2S. The van der Waals surface area contributed by atoms with E-state index in [4.69, 9.17) is 0 Å². The van der Waals surface area contributed by atoms with E-state index in [9.17, 15) is 9.59 Å².